The van der Waals surface area contributed by atoms with Crippen LogP contribution >= 0.6 is 7.60 Å². The van der Waals surface area contributed by atoms with E-state index in [4.69, 9.17) is 4.52 Å². The molecule has 1 rings (SSSR count). The van der Waals surface area contributed by atoms with Gasteiger partial charge >= 0.3 is 7.60 Å². The second-order valence-corrected chi connectivity index (χ2v) is 4.73. The maximum Gasteiger partial charge on any atom is 0.331 e. The summed E-state index contributed by atoms with van der Waals surface area (Å²) in [4.78, 5) is 9.24. The van der Waals surface area contributed by atoms with Gasteiger partial charge in [-0.2, -0.15) is 0 Å². The largest absolute Gasteiger partial charge is 0.331 e. The molecule has 1 N–H and O–H groups in total. The van der Waals surface area contributed by atoms with E-state index in [1.807, 2.05) is 0 Å². The molecule has 0 amide bonds. The van der Waals surface area contributed by atoms with E-state index in [2.05, 4.69) is 6.58 Å². The van der Waals surface area contributed by atoms with Gasteiger partial charge in [-0.3, -0.25) is 4.57 Å². The molecule has 4 heteroatoms. The fourth-order valence-corrected chi connectivity index (χ4v) is 2.79. The molecule has 0 radical (unpaired) electrons. The lowest BCUT2D eigenvalue weighted by Gasteiger charge is -2.08. The van der Waals surface area contributed by atoms with Crippen molar-refractivity contribution in [2.75, 3.05) is 6.61 Å². The van der Waals surface area contributed by atoms with E-state index in [9.17, 15) is 9.46 Å². The maximum atomic E-state index is 11.2. The van der Waals surface area contributed by atoms with Crippen molar-refractivity contribution >= 4 is 7.60 Å². The van der Waals surface area contributed by atoms with Crippen molar-refractivity contribution in [3.63, 3.8) is 0 Å². The van der Waals surface area contributed by atoms with Crippen LogP contribution in [0.4, 0.5) is 0 Å². The molecule has 0 heterocycles. The standard InChI is InChI=1S/C7H13O3P/c1-3-6-5-7(6)11(8,9)10-4-2/h3,6-7H,1,4-5H2,2H3,(H,8,9)/t6-,7+/m1/s1. The van der Waals surface area contributed by atoms with Gasteiger partial charge < -0.3 is 9.42 Å². The summed E-state index contributed by atoms with van der Waals surface area (Å²) >= 11 is 0. The summed E-state index contributed by atoms with van der Waals surface area (Å²) in [6, 6.07) is 0. The molecule has 1 unspecified atom stereocenters. The minimum Gasteiger partial charge on any atom is -0.324 e. The predicted molar refractivity (Wildman–Crippen MR) is 43.5 cm³/mol. The van der Waals surface area contributed by atoms with Gasteiger partial charge in [-0.15, -0.1) is 6.58 Å². The van der Waals surface area contributed by atoms with Crippen LogP contribution in [-0.2, 0) is 9.09 Å². The van der Waals surface area contributed by atoms with Crippen LogP contribution < -0.4 is 0 Å². The van der Waals surface area contributed by atoms with E-state index >= 15 is 0 Å². The second kappa shape index (κ2) is 3.10. The molecule has 11 heavy (non-hydrogen) atoms. The molecule has 0 aromatic carbocycles. The molecule has 3 atom stereocenters. The Morgan fingerprint density at radius 2 is 2.55 bits per heavy atom. The molecule has 0 aliphatic heterocycles. The number of rotatable bonds is 4. The predicted octanol–water partition coefficient (Wildman–Crippen LogP) is 1.78. The molecule has 0 bridgehead atoms. The molecule has 0 aromatic rings. The molecule has 0 spiro atoms. The molecule has 1 aliphatic rings. The molecule has 0 saturated heterocycles. The molecule has 0 aromatic heterocycles. The van der Waals surface area contributed by atoms with Crippen LogP contribution in [0.3, 0.4) is 0 Å². The van der Waals surface area contributed by atoms with E-state index < -0.39 is 7.60 Å². The minimum absolute atomic E-state index is 0.181. The van der Waals surface area contributed by atoms with Crippen LogP contribution in [0.5, 0.6) is 0 Å². The average molecular weight is 176 g/mol. The monoisotopic (exact) mass is 176 g/mol. The summed E-state index contributed by atoms with van der Waals surface area (Å²) < 4.78 is 16.0. The molecule has 1 aliphatic carbocycles. The fourth-order valence-electron chi connectivity index (χ4n) is 1.11. The summed E-state index contributed by atoms with van der Waals surface area (Å²) in [5.41, 5.74) is -0.181. The van der Waals surface area contributed by atoms with Gasteiger partial charge in [-0.25, -0.2) is 0 Å². The minimum atomic E-state index is -3.30. The Bertz CT molecular complexity index is 202. The highest BCUT2D eigenvalue weighted by Gasteiger charge is 2.49. The van der Waals surface area contributed by atoms with E-state index in [1.165, 1.54) is 0 Å². The van der Waals surface area contributed by atoms with Gasteiger partial charge in [0.1, 0.15) is 0 Å². The smallest absolute Gasteiger partial charge is 0.324 e. The van der Waals surface area contributed by atoms with Gasteiger partial charge in [0, 0.05) is 0 Å². The average Bonchev–Trinajstić information content (AvgIpc) is 2.65. The van der Waals surface area contributed by atoms with Gasteiger partial charge in [0.25, 0.3) is 0 Å². The van der Waals surface area contributed by atoms with Gasteiger partial charge in [0.2, 0.25) is 0 Å². The van der Waals surface area contributed by atoms with Gasteiger partial charge in [0.15, 0.2) is 0 Å². The van der Waals surface area contributed by atoms with Crippen LogP contribution in [0.2, 0.25) is 0 Å². The fraction of sp³-hybridized carbons (Fsp3) is 0.714. The first kappa shape index (κ1) is 8.98. The molecule has 1 fully saturated rings. The van der Waals surface area contributed by atoms with Crippen LogP contribution in [-0.4, -0.2) is 17.2 Å². The zero-order valence-electron chi connectivity index (χ0n) is 6.56. The molecule has 1 saturated carbocycles. The SMILES string of the molecule is C=C[C@@H]1C[C@@H]1P(=O)(O)OCC. The first-order valence-corrected chi connectivity index (χ1v) is 5.36. The lowest BCUT2D eigenvalue weighted by molar-refractivity contribution is 0.271. The Labute approximate surface area is 66.6 Å². The van der Waals surface area contributed by atoms with Crippen molar-refractivity contribution in [1.82, 2.24) is 0 Å². The number of allylic oxidation sites excluding steroid dienone is 1. The maximum absolute atomic E-state index is 11.2. The Balaban J connectivity index is 2.48. The summed E-state index contributed by atoms with van der Waals surface area (Å²) in [5, 5.41) is 0. The topological polar surface area (TPSA) is 46.5 Å². The highest BCUT2D eigenvalue weighted by atomic mass is 31.2. The number of hydrogen-bond acceptors (Lipinski definition) is 2. The van der Waals surface area contributed by atoms with E-state index in [-0.39, 0.29) is 11.6 Å². The Morgan fingerprint density at radius 1 is 1.91 bits per heavy atom. The van der Waals surface area contributed by atoms with Crippen LogP contribution in [0, 0.1) is 5.92 Å². The summed E-state index contributed by atoms with van der Waals surface area (Å²) in [6.45, 7) is 5.57. The highest BCUT2D eigenvalue weighted by Crippen LogP contribution is 2.61. The molecule has 64 valence electrons. The first-order chi connectivity index (χ1) is 5.11. The molecule has 3 nitrogen and oxygen atoms in total. The van der Waals surface area contributed by atoms with Crippen molar-refractivity contribution in [3.8, 4) is 0 Å². The third kappa shape index (κ3) is 1.92. The van der Waals surface area contributed by atoms with E-state index in [1.54, 1.807) is 13.0 Å². The van der Waals surface area contributed by atoms with Crippen molar-refractivity contribution in [2.45, 2.75) is 19.0 Å². The van der Waals surface area contributed by atoms with Gasteiger partial charge in [-0.1, -0.05) is 6.08 Å². The normalized spacial score (nSPS) is 34.4. The first-order valence-electron chi connectivity index (χ1n) is 3.71. The highest BCUT2D eigenvalue weighted by molar-refractivity contribution is 7.54. The summed E-state index contributed by atoms with van der Waals surface area (Å²) in [5.74, 6) is 0.192. The van der Waals surface area contributed by atoms with Gasteiger partial charge in [-0.05, 0) is 19.3 Å². The second-order valence-electron chi connectivity index (χ2n) is 2.68. The Kier molecular flexibility index (Phi) is 2.53. The third-order valence-electron chi connectivity index (χ3n) is 1.84. The summed E-state index contributed by atoms with van der Waals surface area (Å²) in [6.07, 6.45) is 2.46. The third-order valence-corrected chi connectivity index (χ3v) is 3.90. The van der Waals surface area contributed by atoms with Crippen LogP contribution in [0.25, 0.3) is 0 Å². The lowest BCUT2D eigenvalue weighted by Crippen LogP contribution is -1.95. The van der Waals surface area contributed by atoms with Crippen molar-refractivity contribution in [1.29, 1.82) is 0 Å². The zero-order chi connectivity index (χ0) is 8.48. The van der Waals surface area contributed by atoms with E-state index in [0.29, 0.717) is 6.61 Å². The quantitative estimate of drug-likeness (QED) is 0.524. The van der Waals surface area contributed by atoms with Gasteiger partial charge in [0.05, 0.1) is 12.3 Å². The van der Waals surface area contributed by atoms with Crippen LogP contribution in [0.15, 0.2) is 12.7 Å². The van der Waals surface area contributed by atoms with Crippen molar-refractivity contribution in [3.05, 3.63) is 12.7 Å². The Morgan fingerprint density at radius 3 is 2.91 bits per heavy atom. The Hall–Kier alpha value is -0.110. The summed E-state index contributed by atoms with van der Waals surface area (Å²) in [7, 11) is -3.30. The zero-order valence-corrected chi connectivity index (χ0v) is 7.46. The van der Waals surface area contributed by atoms with Crippen LogP contribution in [0.1, 0.15) is 13.3 Å². The van der Waals surface area contributed by atoms with Crippen molar-refractivity contribution < 1.29 is 14.0 Å². The van der Waals surface area contributed by atoms with Crippen molar-refractivity contribution in [2.24, 2.45) is 5.92 Å². The van der Waals surface area contributed by atoms with E-state index in [0.717, 1.165) is 6.42 Å². The molecular formula is C7H13O3P. The number of hydrogen-bond donors (Lipinski definition) is 1. The molecular weight excluding hydrogens is 163 g/mol. The lowest BCUT2D eigenvalue weighted by atomic mass is 10.4.